The highest BCUT2D eigenvalue weighted by Crippen LogP contribution is 2.30. The van der Waals surface area contributed by atoms with Gasteiger partial charge in [0.2, 0.25) is 5.91 Å². The van der Waals surface area contributed by atoms with Crippen LogP contribution in [0.2, 0.25) is 5.15 Å². The number of amides is 1. The average molecular weight is 469 g/mol. The molecule has 2 aromatic heterocycles. The second-order valence-corrected chi connectivity index (χ2v) is 8.06. The van der Waals surface area contributed by atoms with Crippen molar-refractivity contribution in [2.24, 2.45) is 0 Å². The highest BCUT2D eigenvalue weighted by molar-refractivity contribution is 7.98. The van der Waals surface area contributed by atoms with Crippen LogP contribution in [-0.2, 0) is 16.7 Å². The second-order valence-electron chi connectivity index (χ2n) is 6.60. The first-order chi connectivity index (χ1) is 14.8. The maximum absolute atomic E-state index is 12.7. The number of anilines is 1. The van der Waals surface area contributed by atoms with E-state index in [0.717, 1.165) is 23.4 Å². The summed E-state index contributed by atoms with van der Waals surface area (Å²) < 4.78 is 39.4. The van der Waals surface area contributed by atoms with E-state index in [4.69, 9.17) is 11.6 Å². The van der Waals surface area contributed by atoms with Crippen LogP contribution >= 0.6 is 23.4 Å². The molecule has 2 heterocycles. The fourth-order valence-electron chi connectivity index (χ4n) is 2.90. The van der Waals surface area contributed by atoms with Gasteiger partial charge in [-0.25, -0.2) is 4.68 Å². The maximum atomic E-state index is 12.7. The molecule has 0 saturated heterocycles. The van der Waals surface area contributed by atoms with Crippen molar-refractivity contribution in [2.45, 2.75) is 25.3 Å². The van der Waals surface area contributed by atoms with Crippen LogP contribution in [0.4, 0.5) is 18.9 Å². The van der Waals surface area contributed by atoms with Gasteiger partial charge < -0.3 is 4.90 Å². The topological polar surface area (TPSA) is 51.0 Å². The number of benzene rings is 1. The zero-order chi connectivity index (χ0) is 22.4. The number of hydrogen-bond donors (Lipinski definition) is 0. The highest BCUT2D eigenvalue weighted by atomic mass is 35.5. The van der Waals surface area contributed by atoms with Crippen LogP contribution in [-0.4, -0.2) is 33.0 Å². The molecule has 3 rings (SSSR count). The van der Waals surface area contributed by atoms with Gasteiger partial charge in [-0.15, -0.1) is 0 Å². The minimum atomic E-state index is -4.34. The van der Waals surface area contributed by atoms with Crippen molar-refractivity contribution in [3.8, 4) is 5.69 Å². The van der Waals surface area contributed by atoms with Gasteiger partial charge in [0.15, 0.2) is 5.15 Å². The predicted octanol–water partition coefficient (Wildman–Crippen LogP) is 5.62. The van der Waals surface area contributed by atoms with Crippen molar-refractivity contribution < 1.29 is 18.0 Å². The number of alkyl halides is 3. The van der Waals surface area contributed by atoms with E-state index in [9.17, 15) is 18.0 Å². The van der Waals surface area contributed by atoms with Gasteiger partial charge in [0.25, 0.3) is 0 Å². The van der Waals surface area contributed by atoms with Crippen molar-refractivity contribution in [1.29, 1.82) is 0 Å². The Hall–Kier alpha value is -2.52. The molecule has 5 nitrogen and oxygen atoms in total. The van der Waals surface area contributed by atoms with Gasteiger partial charge in [-0.2, -0.15) is 30.0 Å². The van der Waals surface area contributed by atoms with Crippen LogP contribution < -0.4 is 4.90 Å². The van der Waals surface area contributed by atoms with Crippen molar-refractivity contribution in [3.05, 3.63) is 71.3 Å². The summed E-state index contributed by atoms with van der Waals surface area (Å²) in [6.45, 7) is 2.28. The van der Waals surface area contributed by atoms with E-state index in [-0.39, 0.29) is 17.5 Å². The molecule has 0 bridgehead atoms. The molecule has 1 aromatic carbocycles. The summed E-state index contributed by atoms with van der Waals surface area (Å²) in [5.74, 6) is 0.956. The molecule has 3 aromatic rings. The quantitative estimate of drug-likeness (QED) is 0.403. The third-order valence-electron chi connectivity index (χ3n) is 4.48. The minimum Gasteiger partial charge on any atom is -0.308 e. The van der Waals surface area contributed by atoms with Gasteiger partial charge in [0.1, 0.15) is 5.69 Å². The van der Waals surface area contributed by atoms with Gasteiger partial charge in [0, 0.05) is 30.7 Å². The zero-order valence-corrected chi connectivity index (χ0v) is 18.2. The summed E-state index contributed by atoms with van der Waals surface area (Å²) in [5.41, 5.74) is 1.36. The monoisotopic (exact) mass is 468 g/mol. The Morgan fingerprint density at radius 2 is 1.97 bits per heavy atom. The summed E-state index contributed by atoms with van der Waals surface area (Å²) in [6.07, 6.45) is 0.917. The van der Waals surface area contributed by atoms with E-state index in [1.807, 2.05) is 13.0 Å². The lowest BCUT2D eigenvalue weighted by Gasteiger charge is -2.19. The number of halogens is 4. The van der Waals surface area contributed by atoms with Crippen molar-refractivity contribution in [3.63, 3.8) is 0 Å². The summed E-state index contributed by atoms with van der Waals surface area (Å²) in [5, 5.41) is 4.47. The SMILES string of the molecule is CCN(C(=O)CCSCc1ccc(C(F)(F)F)cc1)c1cn(-c2cccnc2)nc1Cl. The Bertz CT molecular complexity index is 1010. The molecule has 0 aliphatic heterocycles. The number of pyridine rings is 1. The first-order valence-electron chi connectivity index (χ1n) is 9.49. The molecule has 0 aliphatic carbocycles. The lowest BCUT2D eigenvalue weighted by Crippen LogP contribution is -2.30. The third kappa shape index (κ3) is 6.01. The number of carbonyl (C=O) groups is 1. The highest BCUT2D eigenvalue weighted by Gasteiger charge is 2.29. The van der Waals surface area contributed by atoms with Crippen LogP contribution in [0.25, 0.3) is 5.69 Å². The Balaban J connectivity index is 1.55. The Morgan fingerprint density at radius 3 is 2.58 bits per heavy atom. The Labute approximate surface area is 187 Å². The maximum Gasteiger partial charge on any atom is 0.416 e. The van der Waals surface area contributed by atoms with Gasteiger partial charge in [-0.3, -0.25) is 9.78 Å². The molecule has 1 amide bonds. The molecule has 0 saturated carbocycles. The molecule has 0 atom stereocenters. The lowest BCUT2D eigenvalue weighted by atomic mass is 10.1. The third-order valence-corrected chi connectivity index (χ3v) is 5.78. The van der Waals surface area contributed by atoms with Crippen molar-refractivity contribution in [1.82, 2.24) is 14.8 Å². The molecular weight excluding hydrogens is 449 g/mol. The largest absolute Gasteiger partial charge is 0.416 e. The summed E-state index contributed by atoms with van der Waals surface area (Å²) in [7, 11) is 0. The predicted molar refractivity (Wildman–Crippen MR) is 117 cm³/mol. The average Bonchev–Trinajstić information content (AvgIpc) is 3.13. The van der Waals surface area contributed by atoms with Gasteiger partial charge in [-0.05, 0) is 36.8 Å². The number of carbonyl (C=O) groups excluding carboxylic acids is 1. The smallest absolute Gasteiger partial charge is 0.308 e. The number of nitrogens with zero attached hydrogens (tertiary/aromatic N) is 4. The molecule has 164 valence electrons. The van der Waals surface area contributed by atoms with Crippen LogP contribution in [0.15, 0.2) is 55.0 Å². The van der Waals surface area contributed by atoms with Gasteiger partial charge in [0.05, 0.1) is 23.6 Å². The van der Waals surface area contributed by atoms with Crippen molar-refractivity contribution >= 4 is 35.0 Å². The minimum absolute atomic E-state index is 0.102. The van der Waals surface area contributed by atoms with Crippen molar-refractivity contribution in [2.75, 3.05) is 17.2 Å². The number of hydrogen-bond acceptors (Lipinski definition) is 4. The molecule has 0 unspecified atom stereocenters. The van der Waals surface area contributed by atoms with Crippen LogP contribution in [0, 0.1) is 0 Å². The molecular formula is C21H20ClF3N4OS. The fraction of sp³-hybridized carbons (Fsp3) is 0.286. The lowest BCUT2D eigenvalue weighted by molar-refractivity contribution is -0.137. The summed E-state index contributed by atoms with van der Waals surface area (Å²) >= 11 is 7.75. The number of thioether (sulfide) groups is 1. The van der Waals surface area contributed by atoms with E-state index in [0.29, 0.717) is 23.7 Å². The normalized spacial score (nSPS) is 11.5. The summed E-state index contributed by atoms with van der Waals surface area (Å²) in [6, 6.07) is 8.67. The van der Waals surface area contributed by atoms with Crippen LogP contribution in [0.5, 0.6) is 0 Å². The molecule has 0 radical (unpaired) electrons. The fourth-order valence-corrected chi connectivity index (χ4v) is 4.03. The molecule has 10 heteroatoms. The zero-order valence-electron chi connectivity index (χ0n) is 16.6. The van der Waals surface area contributed by atoms with Gasteiger partial charge in [-0.1, -0.05) is 23.7 Å². The first-order valence-corrected chi connectivity index (χ1v) is 11.0. The molecule has 31 heavy (non-hydrogen) atoms. The molecule has 0 aliphatic rings. The van der Waals surface area contributed by atoms with E-state index in [2.05, 4.69) is 10.1 Å². The standard InChI is InChI=1S/C21H20ClF3N4OS/c1-2-28(18-13-29(27-20(18)22)17-4-3-10-26-12-17)19(30)9-11-31-14-15-5-7-16(8-6-15)21(23,24)25/h3-8,10,12-13H,2,9,11,14H2,1H3. The molecule has 0 fully saturated rings. The van der Waals surface area contributed by atoms with Crippen LogP contribution in [0.1, 0.15) is 24.5 Å². The molecule has 0 N–H and O–H groups in total. The van der Waals surface area contributed by atoms with E-state index in [1.165, 1.54) is 23.9 Å². The van der Waals surface area contributed by atoms with E-state index >= 15 is 0 Å². The Kier molecular flexibility index (Phi) is 7.61. The Morgan fingerprint density at radius 1 is 1.23 bits per heavy atom. The van der Waals surface area contributed by atoms with Crippen LogP contribution in [0.3, 0.4) is 0 Å². The molecule has 0 spiro atoms. The number of aromatic nitrogens is 3. The summed E-state index contributed by atoms with van der Waals surface area (Å²) in [4.78, 5) is 18.3. The van der Waals surface area contributed by atoms with Gasteiger partial charge >= 0.3 is 6.18 Å². The second kappa shape index (κ2) is 10.2. The van der Waals surface area contributed by atoms with E-state index in [1.54, 1.807) is 34.2 Å². The first kappa shape index (κ1) is 23.1. The van der Waals surface area contributed by atoms with E-state index < -0.39 is 11.7 Å². The number of rotatable bonds is 8.